The summed E-state index contributed by atoms with van der Waals surface area (Å²) in [6.45, 7) is 4.90. The van der Waals surface area contributed by atoms with E-state index in [9.17, 15) is 9.90 Å². The van der Waals surface area contributed by atoms with Gasteiger partial charge in [0.15, 0.2) is 0 Å². The molecule has 2 N–H and O–H groups in total. The van der Waals surface area contributed by atoms with E-state index in [-0.39, 0.29) is 11.3 Å². The van der Waals surface area contributed by atoms with E-state index in [1.807, 2.05) is 12.1 Å². The second kappa shape index (κ2) is 5.86. The number of carbonyl (C=O) groups is 1. The van der Waals surface area contributed by atoms with Crippen LogP contribution in [0.4, 0.5) is 0 Å². The fraction of sp³-hybridized carbons (Fsp3) is 0.625. The van der Waals surface area contributed by atoms with Crippen molar-refractivity contribution in [2.24, 2.45) is 28.6 Å². The van der Waals surface area contributed by atoms with Crippen LogP contribution in [0.1, 0.15) is 63.9 Å². The highest BCUT2D eigenvalue weighted by molar-refractivity contribution is 5.89. The first-order chi connectivity index (χ1) is 12.9. The SMILES string of the molecule is C[C@]12C=CC(=O)N[C@@H]1CC[C@@H]1[C@@H]2CC[C@]2(C)[C@@H](c3cccc(O)c3)CC[C@@H]12. The third-order valence-corrected chi connectivity index (χ3v) is 8.96. The van der Waals surface area contributed by atoms with E-state index < -0.39 is 0 Å². The standard InChI is InChI=1S/C24H31NO2/c1-23-12-10-20-17(6-9-21-24(20,2)13-11-22(27)25-21)19(23)8-7-18(23)15-4-3-5-16(26)14-15/h3-5,11,13-14,17-21,26H,6-10,12H2,1-2H3,(H,25,27)/t17-,18+,19-,20-,21+,23+,24+/m0/s1. The lowest BCUT2D eigenvalue weighted by Gasteiger charge is -2.59. The van der Waals surface area contributed by atoms with Gasteiger partial charge >= 0.3 is 0 Å². The lowest BCUT2D eigenvalue weighted by Crippen LogP contribution is -2.59. The van der Waals surface area contributed by atoms with Crippen LogP contribution in [0, 0.1) is 28.6 Å². The number of nitrogens with one attached hydrogen (secondary N) is 1. The number of carbonyl (C=O) groups excluding carboxylic acids is 1. The molecule has 0 aromatic heterocycles. The smallest absolute Gasteiger partial charge is 0.243 e. The Kier molecular flexibility index (Phi) is 3.76. The Morgan fingerprint density at radius 3 is 2.74 bits per heavy atom. The lowest BCUT2D eigenvalue weighted by atomic mass is 9.47. The normalized spacial score (nSPS) is 45.6. The maximum atomic E-state index is 11.9. The molecule has 3 nitrogen and oxygen atoms in total. The van der Waals surface area contributed by atoms with Gasteiger partial charge in [-0.15, -0.1) is 0 Å². The van der Waals surface area contributed by atoms with Crippen LogP contribution < -0.4 is 5.32 Å². The third kappa shape index (κ3) is 2.43. The Labute approximate surface area is 162 Å². The molecular weight excluding hydrogens is 334 g/mol. The fourth-order valence-electron chi connectivity index (χ4n) is 7.62. The molecule has 3 saturated carbocycles. The molecule has 1 heterocycles. The molecule has 1 amide bonds. The minimum absolute atomic E-state index is 0.0846. The van der Waals surface area contributed by atoms with E-state index in [2.05, 4.69) is 31.3 Å². The van der Waals surface area contributed by atoms with Gasteiger partial charge in [-0.25, -0.2) is 0 Å². The molecule has 27 heavy (non-hydrogen) atoms. The molecule has 1 aromatic carbocycles. The highest BCUT2D eigenvalue weighted by atomic mass is 16.3. The zero-order valence-corrected chi connectivity index (χ0v) is 16.4. The maximum absolute atomic E-state index is 11.9. The summed E-state index contributed by atoms with van der Waals surface area (Å²) in [5.41, 5.74) is 1.77. The number of phenols is 1. The minimum atomic E-state index is 0.0846. The first-order valence-electron chi connectivity index (χ1n) is 10.7. The summed E-state index contributed by atoms with van der Waals surface area (Å²) in [5, 5.41) is 13.2. The molecule has 144 valence electrons. The van der Waals surface area contributed by atoms with Gasteiger partial charge < -0.3 is 10.4 Å². The van der Waals surface area contributed by atoms with Crippen LogP contribution in [0.3, 0.4) is 0 Å². The average Bonchev–Trinajstić information content (AvgIpc) is 2.99. The second-order valence-corrected chi connectivity index (χ2v) is 9.98. The molecule has 1 aliphatic heterocycles. The average molecular weight is 366 g/mol. The molecule has 4 aliphatic rings. The predicted octanol–water partition coefficient (Wildman–Crippen LogP) is 4.77. The zero-order valence-electron chi connectivity index (χ0n) is 16.4. The van der Waals surface area contributed by atoms with Crippen molar-refractivity contribution >= 4 is 5.91 Å². The molecule has 0 unspecified atom stereocenters. The van der Waals surface area contributed by atoms with E-state index in [0.717, 1.165) is 18.3 Å². The van der Waals surface area contributed by atoms with Crippen LogP contribution in [0.5, 0.6) is 5.75 Å². The van der Waals surface area contributed by atoms with Crippen molar-refractivity contribution in [2.75, 3.05) is 0 Å². The number of aromatic hydroxyl groups is 1. The summed E-state index contributed by atoms with van der Waals surface area (Å²) in [4.78, 5) is 11.9. The monoisotopic (exact) mass is 365 g/mol. The number of fused-ring (bicyclic) bond motifs is 5. The quantitative estimate of drug-likeness (QED) is 0.753. The molecule has 0 bridgehead atoms. The van der Waals surface area contributed by atoms with E-state index in [1.165, 1.54) is 37.7 Å². The topological polar surface area (TPSA) is 49.3 Å². The van der Waals surface area contributed by atoms with Crippen LogP contribution in [0.2, 0.25) is 0 Å². The van der Waals surface area contributed by atoms with Crippen molar-refractivity contribution < 1.29 is 9.90 Å². The van der Waals surface area contributed by atoms with Gasteiger partial charge in [-0.1, -0.05) is 32.1 Å². The van der Waals surface area contributed by atoms with Crippen molar-refractivity contribution in [3.63, 3.8) is 0 Å². The Hall–Kier alpha value is -1.77. The molecule has 5 rings (SSSR count). The summed E-state index contributed by atoms with van der Waals surface area (Å²) >= 11 is 0. The number of hydrogen-bond donors (Lipinski definition) is 2. The molecule has 3 fully saturated rings. The largest absolute Gasteiger partial charge is 0.508 e. The molecule has 7 atom stereocenters. The fourth-order valence-corrected chi connectivity index (χ4v) is 7.62. The first kappa shape index (κ1) is 17.3. The number of amides is 1. The molecule has 0 saturated heterocycles. The molecule has 0 spiro atoms. The van der Waals surface area contributed by atoms with Crippen molar-refractivity contribution in [1.29, 1.82) is 0 Å². The Morgan fingerprint density at radius 1 is 1.07 bits per heavy atom. The van der Waals surface area contributed by atoms with Crippen LogP contribution in [0.25, 0.3) is 0 Å². The van der Waals surface area contributed by atoms with E-state index in [4.69, 9.17) is 0 Å². The third-order valence-electron chi connectivity index (χ3n) is 8.96. The first-order valence-corrected chi connectivity index (χ1v) is 10.7. The van der Waals surface area contributed by atoms with Crippen LogP contribution in [-0.4, -0.2) is 17.1 Å². The summed E-state index contributed by atoms with van der Waals surface area (Å²) in [6.07, 6.45) is 11.4. The minimum Gasteiger partial charge on any atom is -0.508 e. The summed E-state index contributed by atoms with van der Waals surface area (Å²) in [6, 6.07) is 8.28. The van der Waals surface area contributed by atoms with Crippen molar-refractivity contribution in [3.8, 4) is 5.75 Å². The van der Waals surface area contributed by atoms with Gasteiger partial charge in [-0.2, -0.15) is 0 Å². The molecule has 1 aromatic rings. The molecule has 0 radical (unpaired) electrons. The van der Waals surface area contributed by atoms with E-state index in [1.54, 1.807) is 12.1 Å². The van der Waals surface area contributed by atoms with Gasteiger partial charge in [0, 0.05) is 11.5 Å². The number of rotatable bonds is 1. The van der Waals surface area contributed by atoms with Crippen molar-refractivity contribution in [2.45, 2.75) is 64.3 Å². The predicted molar refractivity (Wildman–Crippen MR) is 106 cm³/mol. The Morgan fingerprint density at radius 2 is 1.93 bits per heavy atom. The summed E-state index contributed by atoms with van der Waals surface area (Å²) < 4.78 is 0. The van der Waals surface area contributed by atoms with E-state index in [0.29, 0.717) is 29.0 Å². The van der Waals surface area contributed by atoms with Gasteiger partial charge in [0.25, 0.3) is 0 Å². The Bertz CT molecular complexity index is 801. The van der Waals surface area contributed by atoms with Crippen LogP contribution in [-0.2, 0) is 4.79 Å². The number of hydrogen-bond acceptors (Lipinski definition) is 2. The van der Waals surface area contributed by atoms with Crippen molar-refractivity contribution in [3.05, 3.63) is 42.0 Å². The van der Waals surface area contributed by atoms with Crippen LogP contribution in [0.15, 0.2) is 36.4 Å². The molecular formula is C24H31NO2. The number of phenolic OH excluding ortho intramolecular Hbond substituents is 1. The van der Waals surface area contributed by atoms with Gasteiger partial charge in [-0.3, -0.25) is 4.79 Å². The van der Waals surface area contributed by atoms with Gasteiger partial charge in [0.1, 0.15) is 5.75 Å². The second-order valence-electron chi connectivity index (χ2n) is 9.98. The van der Waals surface area contributed by atoms with Gasteiger partial charge in [-0.05, 0) is 91.4 Å². The van der Waals surface area contributed by atoms with Gasteiger partial charge in [0.05, 0.1) is 0 Å². The van der Waals surface area contributed by atoms with Crippen LogP contribution >= 0.6 is 0 Å². The molecule has 3 aliphatic carbocycles. The lowest BCUT2D eigenvalue weighted by molar-refractivity contribution is -0.122. The molecule has 3 heteroatoms. The maximum Gasteiger partial charge on any atom is 0.243 e. The van der Waals surface area contributed by atoms with Crippen molar-refractivity contribution in [1.82, 2.24) is 5.32 Å². The highest BCUT2D eigenvalue weighted by Crippen LogP contribution is 2.67. The summed E-state index contributed by atoms with van der Waals surface area (Å²) in [5.74, 6) is 3.22. The number of benzene rings is 1. The Balaban J connectivity index is 1.47. The summed E-state index contributed by atoms with van der Waals surface area (Å²) in [7, 11) is 0. The van der Waals surface area contributed by atoms with Gasteiger partial charge in [0.2, 0.25) is 5.91 Å². The zero-order chi connectivity index (χ0) is 18.8. The highest BCUT2D eigenvalue weighted by Gasteiger charge is 2.59. The van der Waals surface area contributed by atoms with E-state index >= 15 is 0 Å².